The summed E-state index contributed by atoms with van der Waals surface area (Å²) in [6.45, 7) is 3.79. The minimum absolute atomic E-state index is 0.0410. The molecule has 0 spiro atoms. The summed E-state index contributed by atoms with van der Waals surface area (Å²) in [7, 11) is 0. The van der Waals surface area contributed by atoms with Gasteiger partial charge in [-0.2, -0.15) is 0 Å². The average Bonchev–Trinajstić information content (AvgIpc) is 3.28. The Morgan fingerprint density at radius 3 is 2.55 bits per heavy atom. The standard InChI is InChI=1S/C26H22N2O3/c1-15-7-8-16(2)23(13-15)28-25(30)20-11-9-18(14-21(20)26(28)31)24(29)27-22-12-10-17-5-3-4-6-19(17)22/h3-9,11,13-14,22H,10,12H2,1-2H3,(H,27,29). The van der Waals surface area contributed by atoms with Crippen LogP contribution in [0.1, 0.15) is 65.8 Å². The van der Waals surface area contributed by atoms with E-state index in [4.69, 9.17) is 0 Å². The van der Waals surface area contributed by atoms with E-state index >= 15 is 0 Å². The Labute approximate surface area is 180 Å². The van der Waals surface area contributed by atoms with Crippen LogP contribution in [-0.2, 0) is 6.42 Å². The van der Waals surface area contributed by atoms with Gasteiger partial charge in [-0.3, -0.25) is 14.4 Å². The van der Waals surface area contributed by atoms with Gasteiger partial charge in [-0.1, -0.05) is 36.4 Å². The van der Waals surface area contributed by atoms with E-state index in [2.05, 4.69) is 11.4 Å². The molecule has 0 saturated heterocycles. The Morgan fingerprint density at radius 2 is 1.71 bits per heavy atom. The number of benzene rings is 3. The van der Waals surface area contributed by atoms with E-state index in [1.54, 1.807) is 12.1 Å². The predicted octanol–water partition coefficient (Wildman–Crippen LogP) is 4.52. The predicted molar refractivity (Wildman–Crippen MR) is 118 cm³/mol. The van der Waals surface area contributed by atoms with Crippen molar-refractivity contribution in [2.45, 2.75) is 32.7 Å². The maximum Gasteiger partial charge on any atom is 0.266 e. The highest BCUT2D eigenvalue weighted by Crippen LogP contribution is 2.33. The molecule has 5 nitrogen and oxygen atoms in total. The molecule has 1 heterocycles. The Morgan fingerprint density at radius 1 is 0.935 bits per heavy atom. The molecule has 1 aliphatic carbocycles. The second-order valence-electron chi connectivity index (χ2n) is 8.26. The summed E-state index contributed by atoms with van der Waals surface area (Å²) >= 11 is 0. The SMILES string of the molecule is Cc1ccc(C)c(N2C(=O)c3ccc(C(=O)NC4CCc5ccccc54)cc3C2=O)c1. The molecular formula is C26H22N2O3. The van der Waals surface area contributed by atoms with Crippen LogP contribution in [0.2, 0.25) is 0 Å². The van der Waals surface area contributed by atoms with Gasteiger partial charge in [0.2, 0.25) is 0 Å². The fraction of sp³-hybridized carbons (Fsp3) is 0.192. The summed E-state index contributed by atoms with van der Waals surface area (Å²) in [4.78, 5) is 40.2. The third-order valence-corrected chi connectivity index (χ3v) is 6.19. The minimum atomic E-state index is -0.394. The summed E-state index contributed by atoms with van der Waals surface area (Å²) in [5, 5.41) is 3.08. The average molecular weight is 410 g/mol. The summed E-state index contributed by atoms with van der Waals surface area (Å²) in [6, 6.07) is 18.5. The lowest BCUT2D eigenvalue weighted by Gasteiger charge is -2.17. The van der Waals surface area contributed by atoms with Crippen molar-refractivity contribution in [2.75, 3.05) is 4.90 Å². The zero-order valence-corrected chi connectivity index (χ0v) is 17.4. The maximum absolute atomic E-state index is 13.1. The number of nitrogens with zero attached hydrogens (tertiary/aromatic N) is 1. The molecule has 0 radical (unpaired) electrons. The van der Waals surface area contributed by atoms with Crippen molar-refractivity contribution in [3.05, 3.63) is 99.6 Å². The molecule has 31 heavy (non-hydrogen) atoms. The number of imide groups is 1. The van der Waals surface area contributed by atoms with Gasteiger partial charge in [0.05, 0.1) is 22.9 Å². The van der Waals surface area contributed by atoms with Gasteiger partial charge in [-0.25, -0.2) is 4.90 Å². The highest BCUT2D eigenvalue weighted by molar-refractivity contribution is 6.35. The van der Waals surface area contributed by atoms with Crippen molar-refractivity contribution in [2.24, 2.45) is 0 Å². The quantitative estimate of drug-likeness (QED) is 0.646. The molecule has 1 N–H and O–H groups in total. The van der Waals surface area contributed by atoms with Crippen molar-refractivity contribution in [3.63, 3.8) is 0 Å². The normalized spacial score (nSPS) is 17.0. The molecule has 5 heteroatoms. The van der Waals surface area contributed by atoms with E-state index in [-0.39, 0.29) is 23.4 Å². The van der Waals surface area contributed by atoms with Gasteiger partial charge in [0.1, 0.15) is 0 Å². The number of nitrogens with one attached hydrogen (secondary N) is 1. The topological polar surface area (TPSA) is 66.5 Å². The molecule has 0 aromatic heterocycles. The van der Waals surface area contributed by atoms with Crippen LogP contribution < -0.4 is 10.2 Å². The zero-order valence-electron chi connectivity index (χ0n) is 17.4. The molecule has 1 aliphatic heterocycles. The summed E-state index contributed by atoms with van der Waals surface area (Å²) < 4.78 is 0. The Balaban J connectivity index is 1.43. The maximum atomic E-state index is 13.1. The van der Waals surface area contributed by atoms with Gasteiger partial charge >= 0.3 is 0 Å². The van der Waals surface area contributed by atoms with E-state index in [0.717, 1.165) is 29.5 Å². The van der Waals surface area contributed by atoms with Crippen LogP contribution in [0, 0.1) is 13.8 Å². The highest BCUT2D eigenvalue weighted by atomic mass is 16.2. The van der Waals surface area contributed by atoms with Crippen LogP contribution in [0.5, 0.6) is 0 Å². The second kappa shape index (κ2) is 7.20. The number of carbonyl (C=O) groups excluding carboxylic acids is 3. The number of hydrogen-bond acceptors (Lipinski definition) is 3. The number of anilines is 1. The molecule has 5 rings (SSSR count). The molecule has 2 aliphatic rings. The largest absolute Gasteiger partial charge is 0.345 e. The molecule has 0 bridgehead atoms. The third-order valence-electron chi connectivity index (χ3n) is 6.19. The van der Waals surface area contributed by atoms with Gasteiger partial charge in [0, 0.05) is 5.56 Å². The van der Waals surface area contributed by atoms with E-state index in [0.29, 0.717) is 16.8 Å². The van der Waals surface area contributed by atoms with Crippen LogP contribution >= 0.6 is 0 Å². The molecular weight excluding hydrogens is 388 g/mol. The van der Waals surface area contributed by atoms with Crippen molar-refractivity contribution >= 4 is 23.4 Å². The van der Waals surface area contributed by atoms with E-state index < -0.39 is 5.91 Å². The fourth-order valence-electron chi connectivity index (χ4n) is 4.51. The Hall–Kier alpha value is -3.73. The lowest BCUT2D eigenvalue weighted by molar-refractivity contribution is 0.0921. The van der Waals surface area contributed by atoms with E-state index in [9.17, 15) is 14.4 Å². The van der Waals surface area contributed by atoms with Crippen LogP contribution in [0.25, 0.3) is 0 Å². The first-order valence-corrected chi connectivity index (χ1v) is 10.4. The summed E-state index contributed by atoms with van der Waals surface area (Å²) in [5.41, 5.74) is 5.77. The van der Waals surface area contributed by atoms with E-state index in [1.165, 1.54) is 16.5 Å². The molecule has 3 amide bonds. The van der Waals surface area contributed by atoms with Crippen LogP contribution in [0.15, 0.2) is 60.7 Å². The van der Waals surface area contributed by atoms with Gasteiger partial charge in [-0.05, 0) is 73.2 Å². The molecule has 0 fully saturated rings. The minimum Gasteiger partial charge on any atom is -0.345 e. The molecule has 1 unspecified atom stereocenters. The van der Waals surface area contributed by atoms with Crippen molar-refractivity contribution < 1.29 is 14.4 Å². The number of rotatable bonds is 3. The number of hydrogen-bond donors (Lipinski definition) is 1. The smallest absolute Gasteiger partial charge is 0.266 e. The van der Waals surface area contributed by atoms with Crippen molar-refractivity contribution in [3.8, 4) is 0 Å². The van der Waals surface area contributed by atoms with Crippen LogP contribution in [0.4, 0.5) is 5.69 Å². The lowest BCUT2D eigenvalue weighted by Crippen LogP contribution is -2.30. The number of aryl methyl sites for hydroxylation is 3. The first kappa shape index (κ1) is 19.2. The summed E-state index contributed by atoms with van der Waals surface area (Å²) in [6.07, 6.45) is 1.79. The molecule has 3 aromatic rings. The van der Waals surface area contributed by atoms with Gasteiger partial charge in [0.25, 0.3) is 17.7 Å². The van der Waals surface area contributed by atoms with E-state index in [1.807, 2.05) is 50.2 Å². The second-order valence-corrected chi connectivity index (χ2v) is 8.26. The number of carbonyl (C=O) groups is 3. The Bertz CT molecular complexity index is 1260. The zero-order chi connectivity index (χ0) is 21.7. The Kier molecular flexibility index (Phi) is 4.47. The molecule has 0 saturated carbocycles. The molecule has 154 valence electrons. The van der Waals surface area contributed by atoms with Gasteiger partial charge in [0.15, 0.2) is 0 Å². The van der Waals surface area contributed by atoms with Gasteiger partial charge < -0.3 is 5.32 Å². The highest BCUT2D eigenvalue weighted by Gasteiger charge is 2.38. The first-order chi connectivity index (χ1) is 14.9. The van der Waals surface area contributed by atoms with Crippen molar-refractivity contribution in [1.29, 1.82) is 0 Å². The monoisotopic (exact) mass is 410 g/mol. The fourth-order valence-corrected chi connectivity index (χ4v) is 4.51. The number of fused-ring (bicyclic) bond motifs is 2. The van der Waals surface area contributed by atoms with Crippen LogP contribution in [0.3, 0.4) is 0 Å². The van der Waals surface area contributed by atoms with Crippen LogP contribution in [-0.4, -0.2) is 17.7 Å². The van der Waals surface area contributed by atoms with Gasteiger partial charge in [-0.15, -0.1) is 0 Å². The lowest BCUT2D eigenvalue weighted by atomic mass is 10.0. The number of amides is 3. The van der Waals surface area contributed by atoms with Crippen molar-refractivity contribution in [1.82, 2.24) is 5.32 Å². The summed E-state index contributed by atoms with van der Waals surface area (Å²) in [5.74, 6) is -0.991. The third kappa shape index (κ3) is 3.13. The first-order valence-electron chi connectivity index (χ1n) is 10.4. The molecule has 3 aromatic carbocycles. The molecule has 1 atom stereocenters.